The molecule has 1 aliphatic rings. The molecule has 134 valence electrons. The Morgan fingerprint density at radius 1 is 1.24 bits per heavy atom. The van der Waals surface area contributed by atoms with Gasteiger partial charge >= 0.3 is 0 Å². The number of benzene rings is 1. The van der Waals surface area contributed by atoms with Crippen LogP contribution < -0.4 is 24.4 Å². The van der Waals surface area contributed by atoms with Crippen LogP contribution in [0.15, 0.2) is 23.7 Å². The zero-order valence-corrected chi connectivity index (χ0v) is 15.3. The van der Waals surface area contributed by atoms with Crippen molar-refractivity contribution in [2.75, 3.05) is 39.3 Å². The topological polar surface area (TPSA) is 72.9 Å². The number of anilines is 1. The Morgan fingerprint density at radius 3 is 2.68 bits per heavy atom. The van der Waals surface area contributed by atoms with Gasteiger partial charge in [-0.1, -0.05) is 0 Å². The van der Waals surface area contributed by atoms with E-state index in [1.54, 1.807) is 36.8 Å². The number of hydrogen-bond acceptors (Lipinski definition) is 7. The highest BCUT2D eigenvalue weighted by Crippen LogP contribution is 2.39. The second kappa shape index (κ2) is 7.60. The van der Waals surface area contributed by atoms with Crippen molar-refractivity contribution >= 4 is 22.4 Å². The number of nitrogens with one attached hydrogen (secondary N) is 1. The van der Waals surface area contributed by atoms with Crippen LogP contribution in [0, 0.1) is 0 Å². The number of thiazole rings is 1. The molecule has 1 N–H and O–H groups in total. The maximum atomic E-state index is 12.7. The van der Waals surface area contributed by atoms with Gasteiger partial charge in [-0.3, -0.25) is 4.79 Å². The molecular weight excluding hydrogens is 342 g/mol. The van der Waals surface area contributed by atoms with Gasteiger partial charge in [0.25, 0.3) is 5.91 Å². The van der Waals surface area contributed by atoms with E-state index in [0.29, 0.717) is 22.8 Å². The van der Waals surface area contributed by atoms with Crippen molar-refractivity contribution in [2.45, 2.75) is 12.5 Å². The molecule has 0 saturated carbocycles. The standard InChI is InChI=1S/C17H21N3O4S/c1-22-13-5-4-12(14(23-2)15(13)24-3)16(21)19-11-6-8-20(10-11)17-18-7-9-25-17/h4-5,7,9,11H,6,8,10H2,1-3H3,(H,19,21). The number of aromatic nitrogens is 1. The molecule has 3 rings (SSSR count). The van der Waals surface area contributed by atoms with E-state index < -0.39 is 0 Å². The first-order chi connectivity index (χ1) is 12.2. The Bertz CT molecular complexity index is 736. The molecule has 1 fully saturated rings. The molecule has 1 aromatic heterocycles. The van der Waals surface area contributed by atoms with E-state index in [-0.39, 0.29) is 11.9 Å². The molecule has 0 aliphatic carbocycles. The Morgan fingerprint density at radius 2 is 2.04 bits per heavy atom. The first-order valence-electron chi connectivity index (χ1n) is 7.92. The predicted octanol–water partition coefficient (Wildman–Crippen LogP) is 2.18. The molecule has 0 radical (unpaired) electrons. The molecule has 1 saturated heterocycles. The summed E-state index contributed by atoms with van der Waals surface area (Å²) in [7, 11) is 4.57. The lowest BCUT2D eigenvalue weighted by Crippen LogP contribution is -2.37. The number of carbonyl (C=O) groups is 1. The molecule has 7 nitrogen and oxygen atoms in total. The normalized spacial score (nSPS) is 16.6. The molecule has 1 amide bonds. The van der Waals surface area contributed by atoms with Crippen molar-refractivity contribution < 1.29 is 19.0 Å². The summed E-state index contributed by atoms with van der Waals surface area (Å²) in [4.78, 5) is 19.2. The lowest BCUT2D eigenvalue weighted by molar-refractivity contribution is 0.0936. The third-order valence-corrected chi connectivity index (χ3v) is 4.99. The van der Waals surface area contributed by atoms with Crippen LogP contribution in [-0.2, 0) is 0 Å². The van der Waals surface area contributed by atoms with E-state index in [9.17, 15) is 4.79 Å². The van der Waals surface area contributed by atoms with Crippen LogP contribution in [0.4, 0.5) is 5.13 Å². The van der Waals surface area contributed by atoms with Gasteiger partial charge in [0.1, 0.15) is 0 Å². The predicted molar refractivity (Wildman–Crippen MR) is 96.3 cm³/mol. The molecule has 25 heavy (non-hydrogen) atoms. The molecule has 2 aromatic rings. The Labute approximate surface area is 150 Å². The summed E-state index contributed by atoms with van der Waals surface area (Å²) in [6, 6.07) is 3.45. The summed E-state index contributed by atoms with van der Waals surface area (Å²) >= 11 is 1.60. The van der Waals surface area contributed by atoms with E-state index in [1.807, 2.05) is 5.38 Å². The fourth-order valence-electron chi connectivity index (χ4n) is 2.97. The van der Waals surface area contributed by atoms with E-state index in [0.717, 1.165) is 24.6 Å². The van der Waals surface area contributed by atoms with Crippen molar-refractivity contribution in [3.8, 4) is 17.2 Å². The Kier molecular flexibility index (Phi) is 5.28. The first kappa shape index (κ1) is 17.3. The number of nitrogens with zero attached hydrogens (tertiary/aromatic N) is 2. The summed E-state index contributed by atoms with van der Waals surface area (Å²) in [5.74, 6) is 1.11. The zero-order chi connectivity index (χ0) is 17.8. The van der Waals surface area contributed by atoms with Crippen molar-refractivity contribution in [3.63, 3.8) is 0 Å². The summed E-state index contributed by atoms with van der Waals surface area (Å²) in [5.41, 5.74) is 0.424. The van der Waals surface area contributed by atoms with Gasteiger partial charge in [0, 0.05) is 30.7 Å². The lowest BCUT2D eigenvalue weighted by atomic mass is 10.1. The van der Waals surface area contributed by atoms with Crippen LogP contribution in [0.3, 0.4) is 0 Å². The molecule has 0 spiro atoms. The molecular formula is C17H21N3O4S. The minimum absolute atomic E-state index is 0.0641. The van der Waals surface area contributed by atoms with E-state index >= 15 is 0 Å². The van der Waals surface area contributed by atoms with E-state index in [2.05, 4.69) is 15.2 Å². The monoisotopic (exact) mass is 363 g/mol. The number of methoxy groups -OCH3 is 3. The summed E-state index contributed by atoms with van der Waals surface area (Å²) in [6.07, 6.45) is 2.67. The smallest absolute Gasteiger partial charge is 0.255 e. The molecule has 8 heteroatoms. The summed E-state index contributed by atoms with van der Waals surface area (Å²) < 4.78 is 16.0. The highest BCUT2D eigenvalue weighted by Gasteiger charge is 2.27. The van der Waals surface area contributed by atoms with Crippen molar-refractivity contribution in [3.05, 3.63) is 29.3 Å². The Hall–Kier alpha value is -2.48. The fourth-order valence-corrected chi connectivity index (χ4v) is 3.65. The highest BCUT2D eigenvalue weighted by atomic mass is 32.1. The van der Waals surface area contributed by atoms with Gasteiger partial charge in [-0.2, -0.15) is 0 Å². The summed E-state index contributed by atoms with van der Waals surface area (Å²) in [6.45, 7) is 1.62. The number of amides is 1. The number of hydrogen-bond donors (Lipinski definition) is 1. The van der Waals surface area contributed by atoms with Gasteiger partial charge in [-0.15, -0.1) is 11.3 Å². The van der Waals surface area contributed by atoms with Crippen LogP contribution in [0.25, 0.3) is 0 Å². The second-order valence-corrected chi connectivity index (χ2v) is 6.47. The van der Waals surface area contributed by atoms with Crippen LogP contribution in [-0.4, -0.2) is 51.4 Å². The first-order valence-corrected chi connectivity index (χ1v) is 8.80. The molecule has 1 aromatic carbocycles. The molecule has 2 heterocycles. The third-order valence-electron chi connectivity index (χ3n) is 4.16. The van der Waals surface area contributed by atoms with Crippen molar-refractivity contribution in [2.24, 2.45) is 0 Å². The zero-order valence-electron chi connectivity index (χ0n) is 14.4. The summed E-state index contributed by atoms with van der Waals surface area (Å²) in [5, 5.41) is 6.01. The lowest BCUT2D eigenvalue weighted by Gasteiger charge is -2.18. The highest BCUT2D eigenvalue weighted by molar-refractivity contribution is 7.13. The molecule has 0 bridgehead atoms. The maximum Gasteiger partial charge on any atom is 0.255 e. The van der Waals surface area contributed by atoms with E-state index in [1.165, 1.54) is 14.2 Å². The quantitative estimate of drug-likeness (QED) is 0.848. The number of ether oxygens (including phenoxy) is 3. The fraction of sp³-hybridized carbons (Fsp3) is 0.412. The minimum Gasteiger partial charge on any atom is -0.493 e. The van der Waals surface area contributed by atoms with E-state index in [4.69, 9.17) is 14.2 Å². The van der Waals surface area contributed by atoms with Crippen molar-refractivity contribution in [1.82, 2.24) is 10.3 Å². The van der Waals surface area contributed by atoms with Gasteiger partial charge < -0.3 is 24.4 Å². The van der Waals surface area contributed by atoms with Gasteiger partial charge in [0.2, 0.25) is 5.75 Å². The van der Waals surface area contributed by atoms with Gasteiger partial charge in [0.15, 0.2) is 16.6 Å². The average Bonchev–Trinajstić information content (AvgIpc) is 3.31. The van der Waals surface area contributed by atoms with Crippen LogP contribution >= 0.6 is 11.3 Å². The largest absolute Gasteiger partial charge is 0.493 e. The SMILES string of the molecule is COc1ccc(C(=O)NC2CCN(c3nccs3)C2)c(OC)c1OC. The molecule has 1 atom stereocenters. The van der Waals surface area contributed by atoms with Gasteiger partial charge in [-0.25, -0.2) is 4.98 Å². The maximum absolute atomic E-state index is 12.7. The van der Waals surface area contributed by atoms with Crippen LogP contribution in [0.5, 0.6) is 17.2 Å². The van der Waals surface area contributed by atoms with Gasteiger partial charge in [0.05, 0.1) is 26.9 Å². The molecule has 1 unspecified atom stereocenters. The minimum atomic E-state index is -0.191. The Balaban J connectivity index is 1.73. The van der Waals surface area contributed by atoms with Crippen LogP contribution in [0.2, 0.25) is 0 Å². The van der Waals surface area contributed by atoms with Crippen LogP contribution in [0.1, 0.15) is 16.8 Å². The van der Waals surface area contributed by atoms with Crippen molar-refractivity contribution in [1.29, 1.82) is 0 Å². The third kappa shape index (κ3) is 3.48. The van der Waals surface area contributed by atoms with Gasteiger partial charge in [-0.05, 0) is 18.6 Å². The average molecular weight is 363 g/mol. The number of rotatable bonds is 6. The number of carbonyl (C=O) groups excluding carboxylic acids is 1. The second-order valence-electron chi connectivity index (χ2n) is 5.60. The molecule has 1 aliphatic heterocycles.